The summed E-state index contributed by atoms with van der Waals surface area (Å²) in [6.07, 6.45) is -2.56. The maximum Gasteiger partial charge on any atom is 0.255 e. The second-order valence-corrected chi connectivity index (χ2v) is 4.17. The molecule has 1 rings (SSSR count). The third kappa shape index (κ3) is 3.00. The summed E-state index contributed by atoms with van der Waals surface area (Å²) >= 11 is 2.93. The average molecular weight is 311 g/mol. The first-order valence-corrected chi connectivity index (χ1v) is 5.68. The number of ether oxygens (including phenoxy) is 3. The number of methoxy groups -OCH3 is 3. The van der Waals surface area contributed by atoms with Crippen LogP contribution in [-0.2, 0) is 0 Å². The lowest BCUT2D eigenvalue weighted by Gasteiger charge is -2.18. The summed E-state index contributed by atoms with van der Waals surface area (Å²) in [5.74, 6) is 1.07. The first-order chi connectivity index (χ1) is 8.04. The molecule has 0 amide bonds. The Kier molecular flexibility index (Phi) is 4.99. The predicted octanol–water partition coefficient (Wildman–Crippen LogP) is 3.41. The summed E-state index contributed by atoms with van der Waals surface area (Å²) in [6.45, 7) is 0. The van der Waals surface area contributed by atoms with Crippen molar-refractivity contribution in [2.45, 2.75) is 11.3 Å². The Hall–Kier alpha value is -1.04. The lowest BCUT2D eigenvalue weighted by atomic mass is 10.1. The lowest BCUT2D eigenvalue weighted by molar-refractivity contribution is 0.145. The van der Waals surface area contributed by atoms with Crippen LogP contribution in [0.15, 0.2) is 12.1 Å². The van der Waals surface area contributed by atoms with Gasteiger partial charge in [-0.3, -0.25) is 0 Å². The fourth-order valence-electron chi connectivity index (χ4n) is 1.43. The van der Waals surface area contributed by atoms with Gasteiger partial charge in [-0.25, -0.2) is 8.78 Å². The van der Waals surface area contributed by atoms with Gasteiger partial charge in [0.05, 0.1) is 26.9 Å². The molecule has 6 heteroatoms. The number of benzene rings is 1. The molecule has 0 N–H and O–H groups in total. The van der Waals surface area contributed by atoms with Crippen molar-refractivity contribution in [2.24, 2.45) is 0 Å². The molecule has 0 aliphatic carbocycles. The molecular weight excluding hydrogens is 298 g/mol. The van der Waals surface area contributed by atoms with Crippen LogP contribution in [0, 0.1) is 0 Å². The van der Waals surface area contributed by atoms with Gasteiger partial charge in [0, 0.05) is 12.1 Å². The van der Waals surface area contributed by atoms with E-state index < -0.39 is 11.3 Å². The van der Waals surface area contributed by atoms with Crippen LogP contribution in [0.4, 0.5) is 8.78 Å². The first kappa shape index (κ1) is 14.0. The molecule has 0 radical (unpaired) electrons. The molecular formula is C11H13BrF2O3. The minimum Gasteiger partial charge on any atom is -0.496 e. The fraction of sp³-hybridized carbons (Fsp3) is 0.455. The lowest BCUT2D eigenvalue weighted by Crippen LogP contribution is -2.06. The van der Waals surface area contributed by atoms with E-state index in [1.165, 1.54) is 33.5 Å². The summed E-state index contributed by atoms with van der Waals surface area (Å²) in [5, 5.41) is 0. The van der Waals surface area contributed by atoms with Gasteiger partial charge < -0.3 is 14.2 Å². The van der Waals surface area contributed by atoms with Crippen LogP contribution in [0.1, 0.15) is 10.4 Å². The van der Waals surface area contributed by atoms with E-state index in [0.717, 1.165) is 0 Å². The standard InChI is InChI=1S/C11H13BrF2O3/c1-15-6-4-7(16-2)9(8(5-6)17-3)10(12)11(13)14/h4-5,10-11H,1-3H3. The number of alkyl halides is 3. The van der Waals surface area contributed by atoms with Gasteiger partial charge in [-0.1, -0.05) is 15.9 Å². The molecule has 96 valence electrons. The molecule has 1 atom stereocenters. The molecule has 3 nitrogen and oxygen atoms in total. The zero-order chi connectivity index (χ0) is 13.0. The SMILES string of the molecule is COc1cc(OC)c(C(Br)C(F)F)c(OC)c1. The van der Waals surface area contributed by atoms with Crippen LogP contribution in [0.2, 0.25) is 0 Å². The largest absolute Gasteiger partial charge is 0.496 e. The second-order valence-electron chi connectivity index (χ2n) is 3.18. The number of rotatable bonds is 5. The quantitative estimate of drug-likeness (QED) is 0.780. The smallest absolute Gasteiger partial charge is 0.255 e. The van der Waals surface area contributed by atoms with E-state index in [9.17, 15) is 8.78 Å². The van der Waals surface area contributed by atoms with Gasteiger partial charge in [-0.2, -0.15) is 0 Å². The highest BCUT2D eigenvalue weighted by atomic mass is 79.9. The minimum atomic E-state index is -2.56. The first-order valence-electron chi connectivity index (χ1n) is 4.77. The normalized spacial score (nSPS) is 12.4. The van der Waals surface area contributed by atoms with Crippen LogP contribution >= 0.6 is 15.9 Å². The maximum absolute atomic E-state index is 12.7. The Morgan fingerprint density at radius 1 is 1.00 bits per heavy atom. The Labute approximate surface area is 107 Å². The number of halogens is 3. The minimum absolute atomic E-state index is 0.269. The van der Waals surface area contributed by atoms with Gasteiger partial charge in [0.2, 0.25) is 0 Å². The van der Waals surface area contributed by atoms with Gasteiger partial charge in [0.25, 0.3) is 6.43 Å². The maximum atomic E-state index is 12.7. The van der Waals surface area contributed by atoms with Gasteiger partial charge in [0.15, 0.2) is 0 Å². The van der Waals surface area contributed by atoms with E-state index in [-0.39, 0.29) is 5.56 Å². The van der Waals surface area contributed by atoms with Crippen molar-refractivity contribution in [2.75, 3.05) is 21.3 Å². The number of hydrogen-bond donors (Lipinski definition) is 0. The Morgan fingerprint density at radius 2 is 1.47 bits per heavy atom. The predicted molar refractivity (Wildman–Crippen MR) is 63.8 cm³/mol. The van der Waals surface area contributed by atoms with Gasteiger partial charge in [-0.15, -0.1) is 0 Å². The molecule has 1 aromatic rings. The van der Waals surface area contributed by atoms with Crippen molar-refractivity contribution < 1.29 is 23.0 Å². The highest BCUT2D eigenvalue weighted by Crippen LogP contribution is 2.44. The van der Waals surface area contributed by atoms with Crippen molar-refractivity contribution in [1.29, 1.82) is 0 Å². The average Bonchev–Trinajstić information content (AvgIpc) is 2.35. The van der Waals surface area contributed by atoms with Gasteiger partial charge in [0.1, 0.15) is 22.1 Å². The number of hydrogen-bond acceptors (Lipinski definition) is 3. The molecule has 0 saturated heterocycles. The summed E-state index contributed by atoms with van der Waals surface area (Å²) in [4.78, 5) is -1.15. The van der Waals surface area contributed by atoms with Crippen LogP contribution in [0.25, 0.3) is 0 Å². The molecule has 0 fully saturated rings. The Bertz CT molecular complexity index is 360. The van der Waals surface area contributed by atoms with Crippen molar-refractivity contribution in [3.63, 3.8) is 0 Å². The monoisotopic (exact) mass is 310 g/mol. The highest BCUT2D eigenvalue weighted by molar-refractivity contribution is 9.09. The molecule has 0 heterocycles. The Balaban J connectivity index is 3.34. The van der Waals surface area contributed by atoms with Crippen molar-refractivity contribution in [3.05, 3.63) is 17.7 Å². The molecule has 0 aliphatic rings. The van der Waals surface area contributed by atoms with Crippen LogP contribution in [-0.4, -0.2) is 27.8 Å². The highest BCUT2D eigenvalue weighted by Gasteiger charge is 2.27. The van der Waals surface area contributed by atoms with Crippen molar-refractivity contribution in [3.8, 4) is 17.2 Å². The topological polar surface area (TPSA) is 27.7 Å². The molecule has 1 aromatic carbocycles. The molecule has 1 unspecified atom stereocenters. The summed E-state index contributed by atoms with van der Waals surface area (Å²) in [6, 6.07) is 3.07. The van der Waals surface area contributed by atoms with Gasteiger partial charge in [-0.05, 0) is 0 Å². The second kappa shape index (κ2) is 6.05. The fourth-order valence-corrected chi connectivity index (χ4v) is 1.88. The van der Waals surface area contributed by atoms with E-state index in [1.54, 1.807) is 0 Å². The van der Waals surface area contributed by atoms with E-state index >= 15 is 0 Å². The third-order valence-electron chi connectivity index (χ3n) is 2.25. The van der Waals surface area contributed by atoms with Crippen LogP contribution < -0.4 is 14.2 Å². The van der Waals surface area contributed by atoms with Crippen LogP contribution in [0.5, 0.6) is 17.2 Å². The van der Waals surface area contributed by atoms with E-state index in [2.05, 4.69) is 15.9 Å². The summed E-state index contributed by atoms with van der Waals surface area (Å²) in [7, 11) is 4.29. The van der Waals surface area contributed by atoms with E-state index in [4.69, 9.17) is 14.2 Å². The molecule has 0 aliphatic heterocycles. The molecule has 0 bridgehead atoms. The van der Waals surface area contributed by atoms with E-state index in [1.807, 2.05) is 0 Å². The molecule has 0 spiro atoms. The van der Waals surface area contributed by atoms with Crippen LogP contribution in [0.3, 0.4) is 0 Å². The molecule has 17 heavy (non-hydrogen) atoms. The zero-order valence-corrected chi connectivity index (χ0v) is 11.3. The molecule has 0 saturated carbocycles. The summed E-state index contributed by atoms with van der Waals surface area (Å²) < 4.78 is 40.7. The molecule has 0 aromatic heterocycles. The third-order valence-corrected chi connectivity index (χ3v) is 3.11. The van der Waals surface area contributed by atoms with Crippen molar-refractivity contribution >= 4 is 15.9 Å². The van der Waals surface area contributed by atoms with Crippen molar-refractivity contribution in [1.82, 2.24) is 0 Å². The van der Waals surface area contributed by atoms with E-state index in [0.29, 0.717) is 17.2 Å². The van der Waals surface area contributed by atoms with Gasteiger partial charge >= 0.3 is 0 Å². The summed E-state index contributed by atoms with van der Waals surface area (Å²) in [5.41, 5.74) is 0.269. The Morgan fingerprint density at radius 3 is 1.76 bits per heavy atom. The zero-order valence-electron chi connectivity index (χ0n) is 9.67.